The van der Waals surface area contributed by atoms with Gasteiger partial charge < -0.3 is 14.5 Å². The molecule has 0 aliphatic rings. The summed E-state index contributed by atoms with van der Waals surface area (Å²) in [7, 11) is 0. The fraction of sp³-hybridized carbons (Fsp3) is 0.0526. The second-order valence-electron chi connectivity index (χ2n) is 5.47. The zero-order chi connectivity index (χ0) is 17.2. The molecule has 124 valence electrons. The smallest absolute Gasteiger partial charge is 0.349 e. The summed E-state index contributed by atoms with van der Waals surface area (Å²) in [6, 6.07) is 17.1. The average molecular weight is 350 g/mol. The summed E-state index contributed by atoms with van der Waals surface area (Å²) >= 11 is 1.43. The molecule has 0 amide bonds. The van der Waals surface area contributed by atoms with Crippen LogP contribution in [-0.4, -0.2) is 4.98 Å². The lowest BCUT2D eigenvalue weighted by Crippen LogP contribution is -2.04. The number of rotatable bonds is 4. The minimum Gasteiger partial charge on any atom is -0.457 e. The van der Waals surface area contributed by atoms with Crippen LogP contribution >= 0.6 is 11.3 Å². The van der Waals surface area contributed by atoms with E-state index in [0.29, 0.717) is 10.2 Å². The number of hydrogen-bond acceptors (Lipinski definition) is 6. The Kier molecular flexibility index (Phi) is 3.95. The van der Waals surface area contributed by atoms with E-state index in [4.69, 9.17) is 9.15 Å². The van der Waals surface area contributed by atoms with Crippen molar-refractivity contribution in [3.05, 3.63) is 76.0 Å². The first-order valence-corrected chi connectivity index (χ1v) is 8.56. The lowest BCUT2D eigenvalue weighted by molar-refractivity contribution is 0.482. The third-order valence-electron chi connectivity index (χ3n) is 3.64. The Morgan fingerprint density at radius 3 is 2.52 bits per heavy atom. The molecule has 2 aromatic carbocycles. The molecule has 0 bridgehead atoms. The van der Waals surface area contributed by atoms with Gasteiger partial charge in [-0.25, -0.2) is 4.79 Å². The van der Waals surface area contributed by atoms with E-state index in [9.17, 15) is 4.79 Å². The molecular formula is C19H14N2O3S. The van der Waals surface area contributed by atoms with E-state index in [1.807, 2.05) is 66.9 Å². The predicted molar refractivity (Wildman–Crippen MR) is 99.1 cm³/mol. The number of thiophene rings is 1. The van der Waals surface area contributed by atoms with Crippen molar-refractivity contribution in [3.63, 3.8) is 0 Å². The number of benzene rings is 2. The van der Waals surface area contributed by atoms with E-state index in [0.717, 1.165) is 22.7 Å². The molecule has 1 N–H and O–H groups in total. The molecule has 6 heteroatoms. The molecule has 4 rings (SSSR count). The van der Waals surface area contributed by atoms with Crippen LogP contribution in [0.25, 0.3) is 10.2 Å². The van der Waals surface area contributed by atoms with Crippen molar-refractivity contribution in [1.82, 2.24) is 4.98 Å². The lowest BCUT2D eigenvalue weighted by Gasteiger charge is -2.07. The first-order valence-electron chi connectivity index (χ1n) is 7.68. The first-order chi connectivity index (χ1) is 12.2. The van der Waals surface area contributed by atoms with Crippen LogP contribution in [0.2, 0.25) is 0 Å². The third kappa shape index (κ3) is 3.25. The summed E-state index contributed by atoms with van der Waals surface area (Å²) in [4.78, 5) is 17.1. The van der Waals surface area contributed by atoms with Gasteiger partial charge in [0.2, 0.25) is 0 Å². The van der Waals surface area contributed by atoms with E-state index in [2.05, 4.69) is 10.3 Å². The van der Waals surface area contributed by atoms with Crippen LogP contribution in [-0.2, 0) is 0 Å². The normalized spacial score (nSPS) is 10.8. The Bertz CT molecular complexity index is 1070. The monoisotopic (exact) mass is 350 g/mol. The van der Waals surface area contributed by atoms with Gasteiger partial charge in [0.25, 0.3) is 0 Å². The largest absolute Gasteiger partial charge is 0.457 e. The molecule has 0 saturated heterocycles. The molecule has 4 aromatic rings. The van der Waals surface area contributed by atoms with Crippen molar-refractivity contribution in [2.75, 3.05) is 5.32 Å². The number of anilines is 2. The van der Waals surface area contributed by atoms with Crippen LogP contribution in [0, 0.1) is 6.92 Å². The van der Waals surface area contributed by atoms with Crippen molar-refractivity contribution >= 4 is 33.3 Å². The maximum absolute atomic E-state index is 12.1. The Hall–Kier alpha value is -3.12. The maximum atomic E-state index is 12.1. The van der Waals surface area contributed by atoms with Gasteiger partial charge in [0.05, 0.1) is 5.39 Å². The molecule has 0 spiro atoms. The predicted octanol–water partition coefficient (Wildman–Crippen LogP) is 5.09. The number of nitrogens with zero attached hydrogens (tertiary/aromatic N) is 1. The summed E-state index contributed by atoms with van der Waals surface area (Å²) in [5.74, 6) is 1.49. The Balaban J connectivity index is 1.54. The number of fused-ring (bicyclic) bond motifs is 1. The van der Waals surface area contributed by atoms with Crippen LogP contribution in [0.1, 0.15) is 5.56 Å². The number of ether oxygens (including phenoxy) is 1. The van der Waals surface area contributed by atoms with Gasteiger partial charge in [-0.2, -0.15) is 4.98 Å². The lowest BCUT2D eigenvalue weighted by atomic mass is 10.3. The van der Waals surface area contributed by atoms with E-state index in [-0.39, 0.29) is 11.6 Å². The number of para-hydroxylation sites is 1. The summed E-state index contributed by atoms with van der Waals surface area (Å²) < 4.78 is 11.0. The average Bonchev–Trinajstić information content (AvgIpc) is 2.99. The van der Waals surface area contributed by atoms with E-state index >= 15 is 0 Å². The number of hydrogen-bond donors (Lipinski definition) is 1. The van der Waals surface area contributed by atoms with Gasteiger partial charge in [-0.1, -0.05) is 18.2 Å². The molecule has 25 heavy (non-hydrogen) atoms. The van der Waals surface area contributed by atoms with Crippen molar-refractivity contribution in [2.24, 2.45) is 0 Å². The molecule has 2 heterocycles. The van der Waals surface area contributed by atoms with Crippen LogP contribution in [0.3, 0.4) is 0 Å². The molecule has 0 saturated carbocycles. The van der Waals surface area contributed by atoms with Crippen molar-refractivity contribution in [1.29, 1.82) is 0 Å². The SMILES string of the molecule is Cc1csc2nc(Nc3ccc(Oc4ccccc4)cc3)oc(=O)c12. The van der Waals surface area contributed by atoms with Crippen LogP contribution in [0.15, 0.2) is 69.2 Å². The van der Waals surface area contributed by atoms with Gasteiger partial charge in [0.1, 0.15) is 16.3 Å². The Morgan fingerprint density at radius 1 is 1.04 bits per heavy atom. The fourth-order valence-corrected chi connectivity index (χ4v) is 3.33. The Labute approximate surface area is 147 Å². The highest BCUT2D eigenvalue weighted by molar-refractivity contribution is 7.16. The topological polar surface area (TPSA) is 64.4 Å². The highest BCUT2D eigenvalue weighted by atomic mass is 32.1. The minimum atomic E-state index is -0.379. The highest BCUT2D eigenvalue weighted by Gasteiger charge is 2.10. The molecule has 5 nitrogen and oxygen atoms in total. The summed E-state index contributed by atoms with van der Waals surface area (Å²) in [6.07, 6.45) is 0. The number of aromatic nitrogens is 1. The molecule has 0 radical (unpaired) electrons. The van der Waals surface area contributed by atoms with Gasteiger partial charge in [-0.3, -0.25) is 0 Å². The number of aryl methyl sites for hydroxylation is 1. The van der Waals surface area contributed by atoms with Gasteiger partial charge in [-0.05, 0) is 54.3 Å². The second kappa shape index (κ2) is 6.41. The minimum absolute atomic E-state index is 0.177. The molecular weight excluding hydrogens is 336 g/mol. The number of nitrogens with one attached hydrogen (secondary N) is 1. The van der Waals surface area contributed by atoms with E-state index in [1.165, 1.54) is 11.3 Å². The van der Waals surface area contributed by atoms with Crippen molar-refractivity contribution in [3.8, 4) is 11.5 Å². The summed E-state index contributed by atoms with van der Waals surface area (Å²) in [5, 5.41) is 5.45. The maximum Gasteiger partial charge on any atom is 0.349 e. The van der Waals surface area contributed by atoms with Crippen LogP contribution in [0.4, 0.5) is 11.7 Å². The quantitative estimate of drug-likeness (QED) is 0.555. The Morgan fingerprint density at radius 2 is 1.76 bits per heavy atom. The first kappa shape index (κ1) is 15.4. The highest BCUT2D eigenvalue weighted by Crippen LogP contribution is 2.25. The van der Waals surface area contributed by atoms with E-state index in [1.54, 1.807) is 0 Å². The fourth-order valence-electron chi connectivity index (χ4n) is 2.42. The van der Waals surface area contributed by atoms with Gasteiger partial charge in [0.15, 0.2) is 0 Å². The standard InChI is InChI=1S/C19H14N2O3S/c1-12-11-25-17-16(12)18(22)24-19(21-17)20-13-7-9-15(10-8-13)23-14-5-3-2-4-6-14/h2-11H,1H3,(H,20,21). The summed E-state index contributed by atoms with van der Waals surface area (Å²) in [6.45, 7) is 1.87. The third-order valence-corrected chi connectivity index (χ3v) is 4.63. The zero-order valence-electron chi connectivity index (χ0n) is 13.4. The molecule has 0 aliphatic carbocycles. The van der Waals surface area contributed by atoms with Gasteiger partial charge >= 0.3 is 11.6 Å². The van der Waals surface area contributed by atoms with Crippen molar-refractivity contribution < 1.29 is 9.15 Å². The molecule has 0 atom stereocenters. The van der Waals surface area contributed by atoms with Crippen LogP contribution < -0.4 is 15.7 Å². The molecule has 2 aromatic heterocycles. The molecule has 0 aliphatic heterocycles. The zero-order valence-corrected chi connectivity index (χ0v) is 14.2. The molecule has 0 unspecified atom stereocenters. The van der Waals surface area contributed by atoms with Crippen LogP contribution in [0.5, 0.6) is 11.5 Å². The van der Waals surface area contributed by atoms with Crippen molar-refractivity contribution in [2.45, 2.75) is 6.92 Å². The summed E-state index contributed by atoms with van der Waals surface area (Å²) in [5.41, 5.74) is 1.26. The van der Waals surface area contributed by atoms with Gasteiger partial charge in [0, 0.05) is 5.69 Å². The van der Waals surface area contributed by atoms with E-state index < -0.39 is 0 Å². The molecule has 0 fully saturated rings. The second-order valence-corrected chi connectivity index (χ2v) is 6.33. The van der Waals surface area contributed by atoms with Gasteiger partial charge in [-0.15, -0.1) is 11.3 Å².